The minimum Gasteiger partial charge on any atom is -0.324 e. The summed E-state index contributed by atoms with van der Waals surface area (Å²) in [6.07, 6.45) is 0. The van der Waals surface area contributed by atoms with Gasteiger partial charge in [0.05, 0.1) is 6.54 Å². The molecule has 5 heteroatoms. The summed E-state index contributed by atoms with van der Waals surface area (Å²) < 4.78 is 15.1. The van der Waals surface area contributed by atoms with Crippen molar-refractivity contribution in [1.29, 1.82) is 0 Å². The van der Waals surface area contributed by atoms with E-state index in [1.54, 1.807) is 6.07 Å². The minimum atomic E-state index is -0.245. The van der Waals surface area contributed by atoms with Gasteiger partial charge in [-0.2, -0.15) is 0 Å². The summed E-state index contributed by atoms with van der Waals surface area (Å²) in [5.41, 5.74) is 7.39. The average Bonchev–Trinajstić information content (AvgIpc) is 2.72. The number of aryl methyl sites for hydroxylation is 1. The van der Waals surface area contributed by atoms with E-state index in [1.807, 2.05) is 25.3 Å². The van der Waals surface area contributed by atoms with Crippen molar-refractivity contribution in [3.63, 3.8) is 0 Å². The normalized spacial score (nSPS) is 11.2. The van der Waals surface area contributed by atoms with Crippen LogP contribution in [0.15, 0.2) is 18.2 Å². The van der Waals surface area contributed by atoms with Gasteiger partial charge in [0.25, 0.3) is 0 Å². The molecule has 1 aromatic carbocycles. The molecule has 0 aliphatic carbocycles. The molecule has 0 aliphatic heterocycles. The van der Waals surface area contributed by atoms with E-state index in [0.717, 1.165) is 22.8 Å². The van der Waals surface area contributed by atoms with Crippen LogP contribution in [0.25, 0.3) is 11.4 Å². The first-order chi connectivity index (χ1) is 8.54. The second-order valence-electron chi connectivity index (χ2n) is 4.57. The second kappa shape index (κ2) is 4.86. The maximum absolute atomic E-state index is 13.1. The number of aromatic nitrogens is 3. The van der Waals surface area contributed by atoms with Crippen LogP contribution < -0.4 is 5.73 Å². The van der Waals surface area contributed by atoms with Gasteiger partial charge in [-0.25, -0.2) is 4.39 Å². The zero-order valence-corrected chi connectivity index (χ0v) is 10.8. The molecule has 0 radical (unpaired) electrons. The monoisotopic (exact) mass is 248 g/mol. The van der Waals surface area contributed by atoms with Crippen molar-refractivity contribution < 1.29 is 4.39 Å². The van der Waals surface area contributed by atoms with Gasteiger partial charge in [-0.3, -0.25) is 0 Å². The molecule has 2 N–H and O–H groups in total. The Hall–Kier alpha value is -1.75. The Bertz CT molecular complexity index is 560. The Morgan fingerprint density at radius 3 is 2.61 bits per heavy atom. The molecule has 0 atom stereocenters. The maximum Gasteiger partial charge on any atom is 0.164 e. The lowest BCUT2D eigenvalue weighted by Gasteiger charge is -2.14. The first-order valence-electron chi connectivity index (χ1n) is 5.95. The molecule has 0 unspecified atom stereocenters. The quantitative estimate of drug-likeness (QED) is 0.907. The van der Waals surface area contributed by atoms with E-state index in [-0.39, 0.29) is 11.9 Å². The van der Waals surface area contributed by atoms with Gasteiger partial charge in [0.15, 0.2) is 5.82 Å². The summed E-state index contributed by atoms with van der Waals surface area (Å²) >= 11 is 0. The minimum absolute atomic E-state index is 0.206. The maximum atomic E-state index is 13.1. The summed E-state index contributed by atoms with van der Waals surface area (Å²) in [6.45, 7) is 6.29. The van der Waals surface area contributed by atoms with E-state index in [0.29, 0.717) is 6.54 Å². The van der Waals surface area contributed by atoms with Crippen LogP contribution in [0.1, 0.15) is 31.3 Å². The van der Waals surface area contributed by atoms with Gasteiger partial charge >= 0.3 is 0 Å². The van der Waals surface area contributed by atoms with Crippen LogP contribution in [0.2, 0.25) is 0 Å². The zero-order chi connectivity index (χ0) is 13.3. The van der Waals surface area contributed by atoms with Gasteiger partial charge in [-0.1, -0.05) is 0 Å². The largest absolute Gasteiger partial charge is 0.324 e. The number of nitrogens with two attached hydrogens (primary N) is 1. The van der Waals surface area contributed by atoms with Crippen LogP contribution in [-0.4, -0.2) is 14.8 Å². The van der Waals surface area contributed by atoms with Crippen molar-refractivity contribution in [1.82, 2.24) is 14.8 Å². The third-order valence-electron chi connectivity index (χ3n) is 2.89. The molecule has 0 saturated heterocycles. The van der Waals surface area contributed by atoms with Gasteiger partial charge in [-0.05, 0) is 44.5 Å². The van der Waals surface area contributed by atoms with Crippen molar-refractivity contribution in [3.8, 4) is 11.4 Å². The van der Waals surface area contributed by atoms with Gasteiger partial charge < -0.3 is 10.3 Å². The highest BCUT2D eigenvalue weighted by atomic mass is 19.1. The smallest absolute Gasteiger partial charge is 0.164 e. The zero-order valence-electron chi connectivity index (χ0n) is 10.8. The SMILES string of the molecule is Cc1cc(F)ccc1-c1nnc(CN)n1C(C)C. The Morgan fingerprint density at radius 1 is 1.33 bits per heavy atom. The Morgan fingerprint density at radius 2 is 2.06 bits per heavy atom. The molecule has 2 rings (SSSR count). The second-order valence-corrected chi connectivity index (χ2v) is 4.57. The first kappa shape index (κ1) is 12.7. The number of nitrogens with zero attached hydrogens (tertiary/aromatic N) is 3. The lowest BCUT2D eigenvalue weighted by Crippen LogP contribution is -2.11. The fourth-order valence-electron chi connectivity index (χ4n) is 2.07. The molecule has 96 valence electrons. The molecule has 18 heavy (non-hydrogen) atoms. The fraction of sp³-hybridized carbons (Fsp3) is 0.385. The molecule has 0 spiro atoms. The van der Waals surface area contributed by atoms with E-state index >= 15 is 0 Å². The van der Waals surface area contributed by atoms with Gasteiger partial charge in [-0.15, -0.1) is 10.2 Å². The molecule has 0 fully saturated rings. The Balaban J connectivity index is 2.60. The number of hydrogen-bond acceptors (Lipinski definition) is 3. The Kier molecular flexibility index (Phi) is 3.43. The summed E-state index contributed by atoms with van der Waals surface area (Å²) in [4.78, 5) is 0. The van der Waals surface area contributed by atoms with Crippen LogP contribution in [0.4, 0.5) is 4.39 Å². The molecule has 2 aromatic rings. The van der Waals surface area contributed by atoms with E-state index in [1.165, 1.54) is 12.1 Å². The molecule has 1 heterocycles. The van der Waals surface area contributed by atoms with E-state index < -0.39 is 0 Å². The van der Waals surface area contributed by atoms with Crippen molar-refractivity contribution in [3.05, 3.63) is 35.4 Å². The molecule has 1 aromatic heterocycles. The van der Waals surface area contributed by atoms with Crippen LogP contribution in [0.3, 0.4) is 0 Å². The number of halogens is 1. The molecule has 4 nitrogen and oxygen atoms in total. The van der Waals surface area contributed by atoms with Crippen molar-refractivity contribution in [2.24, 2.45) is 5.73 Å². The van der Waals surface area contributed by atoms with Gasteiger partial charge in [0.1, 0.15) is 11.6 Å². The third-order valence-corrected chi connectivity index (χ3v) is 2.89. The van der Waals surface area contributed by atoms with Crippen molar-refractivity contribution >= 4 is 0 Å². The first-order valence-corrected chi connectivity index (χ1v) is 5.95. The number of rotatable bonds is 3. The van der Waals surface area contributed by atoms with E-state index in [9.17, 15) is 4.39 Å². The summed E-state index contributed by atoms with van der Waals surface area (Å²) in [6, 6.07) is 4.87. The summed E-state index contributed by atoms with van der Waals surface area (Å²) in [5, 5.41) is 8.27. The predicted octanol–water partition coefficient (Wildman–Crippen LogP) is 2.43. The lowest BCUT2D eigenvalue weighted by atomic mass is 10.1. The van der Waals surface area contributed by atoms with Crippen LogP contribution >= 0.6 is 0 Å². The number of benzene rings is 1. The molecular formula is C13H17FN4. The van der Waals surface area contributed by atoms with Crippen LogP contribution in [-0.2, 0) is 6.54 Å². The Labute approximate surface area is 106 Å². The summed E-state index contributed by atoms with van der Waals surface area (Å²) in [5.74, 6) is 1.23. The van der Waals surface area contributed by atoms with Crippen molar-refractivity contribution in [2.75, 3.05) is 0 Å². The third kappa shape index (κ3) is 2.13. The highest BCUT2D eigenvalue weighted by molar-refractivity contribution is 5.60. The highest BCUT2D eigenvalue weighted by Gasteiger charge is 2.16. The van der Waals surface area contributed by atoms with Crippen LogP contribution in [0.5, 0.6) is 0 Å². The molecule has 0 aliphatic rings. The van der Waals surface area contributed by atoms with Gasteiger partial charge in [0, 0.05) is 11.6 Å². The average molecular weight is 248 g/mol. The molecule has 0 bridgehead atoms. The molecule has 0 saturated carbocycles. The highest BCUT2D eigenvalue weighted by Crippen LogP contribution is 2.25. The lowest BCUT2D eigenvalue weighted by molar-refractivity contribution is 0.573. The van der Waals surface area contributed by atoms with Crippen molar-refractivity contribution in [2.45, 2.75) is 33.4 Å². The summed E-state index contributed by atoms with van der Waals surface area (Å²) in [7, 11) is 0. The van der Waals surface area contributed by atoms with Crippen LogP contribution in [0, 0.1) is 12.7 Å². The topological polar surface area (TPSA) is 56.7 Å². The van der Waals surface area contributed by atoms with E-state index in [2.05, 4.69) is 10.2 Å². The number of hydrogen-bond donors (Lipinski definition) is 1. The van der Waals surface area contributed by atoms with E-state index in [4.69, 9.17) is 5.73 Å². The fourth-order valence-corrected chi connectivity index (χ4v) is 2.07. The van der Waals surface area contributed by atoms with Gasteiger partial charge in [0.2, 0.25) is 0 Å². The molecular weight excluding hydrogens is 231 g/mol. The standard InChI is InChI=1S/C13H17FN4/c1-8(2)18-12(7-15)16-17-13(18)11-5-4-10(14)6-9(11)3/h4-6,8H,7,15H2,1-3H3. The molecule has 0 amide bonds. The predicted molar refractivity (Wildman–Crippen MR) is 68.4 cm³/mol.